The molecule has 3 aliphatic heterocycles. The third kappa shape index (κ3) is 4.42. The van der Waals surface area contributed by atoms with E-state index in [0.29, 0.717) is 53.4 Å². The number of alkyl halides is 2. The molecule has 2 bridgehead atoms. The van der Waals surface area contributed by atoms with Crippen LogP contribution in [-0.2, 0) is 4.79 Å². The van der Waals surface area contributed by atoms with Crippen molar-refractivity contribution in [1.82, 2.24) is 29.7 Å². The molecule has 216 valence electrons. The molecule has 1 N–H and O–H groups in total. The first-order valence-corrected chi connectivity index (χ1v) is 14.0. The number of piperazine rings is 1. The molecule has 4 aromatic rings. The molecule has 0 saturated carbocycles. The molecule has 43 heavy (non-hydrogen) atoms. The Hall–Kier alpha value is -4.49. The zero-order chi connectivity index (χ0) is 30.2. The number of rotatable bonds is 5. The summed E-state index contributed by atoms with van der Waals surface area (Å²) in [5.74, 6) is -0.123. The van der Waals surface area contributed by atoms with E-state index in [4.69, 9.17) is 9.72 Å². The van der Waals surface area contributed by atoms with Crippen molar-refractivity contribution in [2.75, 3.05) is 24.5 Å². The number of anilines is 1. The van der Waals surface area contributed by atoms with Gasteiger partial charge in [0.25, 0.3) is 5.91 Å². The molecule has 2 atom stereocenters. The zero-order valence-electron chi connectivity index (χ0n) is 23.6. The van der Waals surface area contributed by atoms with Gasteiger partial charge in [0.1, 0.15) is 40.9 Å². The van der Waals surface area contributed by atoms with Crippen LogP contribution < -0.4 is 15.0 Å². The lowest BCUT2D eigenvalue weighted by atomic mass is 9.48. The number of carbonyl (C=O) groups is 2. The van der Waals surface area contributed by atoms with E-state index < -0.39 is 29.7 Å². The van der Waals surface area contributed by atoms with Crippen molar-refractivity contribution >= 4 is 52.3 Å². The highest BCUT2D eigenvalue weighted by molar-refractivity contribution is 6.60. The number of fused-ring (bicyclic) bond motifs is 9. The Labute approximate surface area is 246 Å². The average molecular weight is 585 g/mol. The molecule has 2 aromatic carbocycles. The Bertz CT molecular complexity index is 1800. The van der Waals surface area contributed by atoms with Crippen LogP contribution in [0.4, 0.5) is 19.1 Å². The number of amides is 2. The van der Waals surface area contributed by atoms with Gasteiger partial charge in [-0.1, -0.05) is 6.07 Å². The second-order valence-corrected chi connectivity index (χ2v) is 11.9. The molecule has 0 radical (unpaired) electrons. The minimum atomic E-state index is -3.08. The maximum atomic E-state index is 15.6. The lowest BCUT2D eigenvalue weighted by Gasteiger charge is -2.40. The topological polar surface area (TPSA) is 105 Å². The van der Waals surface area contributed by atoms with Crippen molar-refractivity contribution in [2.24, 2.45) is 0 Å². The second-order valence-electron chi connectivity index (χ2n) is 11.9. The molecule has 0 spiro atoms. The quantitative estimate of drug-likeness (QED) is 0.334. The third-order valence-corrected chi connectivity index (χ3v) is 8.23. The van der Waals surface area contributed by atoms with Gasteiger partial charge in [-0.25, -0.2) is 19.3 Å². The highest BCUT2D eigenvalue weighted by atomic mass is 19.3. The van der Waals surface area contributed by atoms with E-state index in [0.717, 1.165) is 0 Å². The number of benzene rings is 2. The lowest BCUT2D eigenvalue weighted by Crippen LogP contribution is -2.54. The van der Waals surface area contributed by atoms with Crippen LogP contribution in [-0.4, -0.2) is 91.3 Å². The Morgan fingerprint density at radius 1 is 1.07 bits per heavy atom. The smallest absolute Gasteiger partial charge is 0.387 e. The molecule has 1 saturated heterocycles. The van der Waals surface area contributed by atoms with Crippen LogP contribution >= 0.6 is 0 Å². The fraction of sp³-hybridized carbons (Fsp3) is 0.296. The van der Waals surface area contributed by atoms with Crippen LogP contribution in [0.1, 0.15) is 40.3 Å². The predicted molar refractivity (Wildman–Crippen MR) is 159 cm³/mol. The SMILES string of the molecule is BC(B)(B)N1C(=O)c2cccc(OC(F)F)c2[C@H]2C[C@H]1c1nc3cc(F)c(-c4cnc(N5CCNC(=O)C5)nc4)cc3n12. The number of halogens is 3. The zero-order valence-corrected chi connectivity index (χ0v) is 23.6. The molecular weight excluding hydrogens is 560 g/mol. The number of imidazole rings is 1. The van der Waals surface area contributed by atoms with Crippen molar-refractivity contribution in [2.45, 2.75) is 30.4 Å². The highest BCUT2D eigenvalue weighted by Gasteiger charge is 2.49. The third-order valence-electron chi connectivity index (χ3n) is 8.23. The number of carbonyl (C=O) groups excluding carboxylic acids is 2. The molecule has 10 nitrogen and oxygen atoms in total. The molecule has 7 rings (SSSR count). The summed E-state index contributed by atoms with van der Waals surface area (Å²) < 4.78 is 49.5. The van der Waals surface area contributed by atoms with Crippen LogP contribution in [0.25, 0.3) is 22.2 Å². The van der Waals surface area contributed by atoms with Crippen molar-refractivity contribution < 1.29 is 27.5 Å². The van der Waals surface area contributed by atoms with Gasteiger partial charge in [0, 0.05) is 60.2 Å². The molecule has 2 aromatic heterocycles. The van der Waals surface area contributed by atoms with Crippen LogP contribution in [0.2, 0.25) is 0 Å². The van der Waals surface area contributed by atoms with E-state index in [1.54, 1.807) is 21.9 Å². The van der Waals surface area contributed by atoms with Crippen LogP contribution in [0.15, 0.2) is 42.7 Å². The standard InChI is InChI=1S/C27H25B3F3N7O3/c28-27(29,30)40-19-8-18(22-13(24(40)42)2-1-3-20(22)43-25(32)33)39-17-6-14(15(31)7-16(17)37-23(19)39)12-9-35-26(36-10-12)38-5-4-34-21(41)11-38/h1-3,6-7,9-10,18-19,25H,4-5,8,11,28-30H2,(H,34,41)/t18-,19+/m1/s1. The van der Waals surface area contributed by atoms with E-state index in [1.165, 1.54) is 30.6 Å². The maximum absolute atomic E-state index is 15.6. The van der Waals surface area contributed by atoms with E-state index >= 15 is 4.39 Å². The van der Waals surface area contributed by atoms with Gasteiger partial charge in [-0.15, -0.1) is 0 Å². The van der Waals surface area contributed by atoms with Gasteiger partial charge in [0.2, 0.25) is 11.9 Å². The number of aromatic nitrogens is 4. The van der Waals surface area contributed by atoms with Crippen molar-refractivity contribution in [3.63, 3.8) is 0 Å². The fourth-order valence-corrected chi connectivity index (χ4v) is 6.56. The second kappa shape index (κ2) is 9.78. The minimum Gasteiger partial charge on any atom is -0.434 e. The number of nitrogens with one attached hydrogen (secondary N) is 1. The Kier molecular flexibility index (Phi) is 6.22. The van der Waals surface area contributed by atoms with E-state index in [1.807, 2.05) is 28.1 Å². The minimum absolute atomic E-state index is 0.0761. The normalized spacial score (nSPS) is 19.8. The first kappa shape index (κ1) is 27.4. The number of hydrogen-bond acceptors (Lipinski definition) is 7. The van der Waals surface area contributed by atoms with Gasteiger partial charge in [0.15, 0.2) is 0 Å². The predicted octanol–water partition coefficient (Wildman–Crippen LogP) is 0.171. The van der Waals surface area contributed by atoms with Gasteiger partial charge in [-0.3, -0.25) is 9.59 Å². The summed E-state index contributed by atoms with van der Waals surface area (Å²) in [6.45, 7) is -1.91. The van der Waals surface area contributed by atoms with E-state index in [9.17, 15) is 18.4 Å². The van der Waals surface area contributed by atoms with Crippen LogP contribution in [0, 0.1) is 5.82 Å². The summed E-state index contributed by atoms with van der Waals surface area (Å²) in [6, 6.07) is 6.55. The molecule has 2 amide bonds. The number of nitrogens with zero attached hydrogens (tertiary/aromatic N) is 6. The van der Waals surface area contributed by atoms with E-state index in [-0.39, 0.29) is 35.2 Å². The number of hydrogen-bond donors (Lipinski definition) is 1. The monoisotopic (exact) mass is 585 g/mol. The molecule has 1 fully saturated rings. The van der Waals surface area contributed by atoms with Gasteiger partial charge >= 0.3 is 6.61 Å². The molecular formula is C27H25B3F3N7O3. The van der Waals surface area contributed by atoms with Crippen molar-refractivity contribution in [3.8, 4) is 16.9 Å². The highest BCUT2D eigenvalue weighted by Crippen LogP contribution is 2.51. The van der Waals surface area contributed by atoms with Crippen LogP contribution in [0.5, 0.6) is 5.75 Å². The summed E-state index contributed by atoms with van der Waals surface area (Å²) in [5, 5.41) is 2.12. The Morgan fingerprint density at radius 3 is 2.53 bits per heavy atom. The maximum Gasteiger partial charge on any atom is 0.387 e. The summed E-state index contributed by atoms with van der Waals surface area (Å²) >= 11 is 0. The van der Waals surface area contributed by atoms with E-state index in [2.05, 4.69) is 15.3 Å². The van der Waals surface area contributed by atoms with Gasteiger partial charge < -0.3 is 24.4 Å². The Balaban J connectivity index is 1.38. The van der Waals surface area contributed by atoms with Crippen LogP contribution in [0.3, 0.4) is 0 Å². The summed E-state index contributed by atoms with van der Waals surface area (Å²) in [7, 11) is 5.73. The number of ether oxygens (including phenoxy) is 1. The summed E-state index contributed by atoms with van der Waals surface area (Å²) in [6.07, 6.45) is 3.41. The largest absolute Gasteiger partial charge is 0.434 e. The van der Waals surface area contributed by atoms with Crippen molar-refractivity contribution in [1.29, 1.82) is 0 Å². The molecule has 16 heteroatoms. The Morgan fingerprint density at radius 2 is 1.84 bits per heavy atom. The molecule has 5 heterocycles. The van der Waals surface area contributed by atoms with Gasteiger partial charge in [-0.2, -0.15) is 8.78 Å². The molecule has 0 aliphatic carbocycles. The molecule has 0 unspecified atom stereocenters. The lowest BCUT2D eigenvalue weighted by molar-refractivity contribution is -0.120. The fourth-order valence-electron chi connectivity index (χ4n) is 6.56. The van der Waals surface area contributed by atoms with Gasteiger partial charge in [-0.05, 0) is 23.4 Å². The average Bonchev–Trinajstić information content (AvgIpc) is 3.44. The summed E-state index contributed by atoms with van der Waals surface area (Å²) in [4.78, 5) is 42.8. The summed E-state index contributed by atoms with van der Waals surface area (Å²) in [5.41, 5.74) is 2.25. The van der Waals surface area contributed by atoms with Crippen molar-refractivity contribution in [3.05, 3.63) is 65.5 Å². The first-order chi connectivity index (χ1) is 20.5. The molecule has 3 aliphatic rings. The first-order valence-electron chi connectivity index (χ1n) is 14.0. The van der Waals surface area contributed by atoms with Gasteiger partial charge in [0.05, 0.1) is 29.7 Å².